The van der Waals surface area contributed by atoms with Gasteiger partial charge in [0.05, 0.1) is 5.60 Å². The van der Waals surface area contributed by atoms with Gasteiger partial charge in [0.15, 0.2) is 0 Å². The first-order valence-electron chi connectivity index (χ1n) is 10.5. The van der Waals surface area contributed by atoms with Crippen LogP contribution in [0.25, 0.3) is 0 Å². The third-order valence-electron chi connectivity index (χ3n) is 7.60. The highest BCUT2D eigenvalue weighted by Gasteiger charge is 2.49. The van der Waals surface area contributed by atoms with Crippen LogP contribution in [0.1, 0.15) is 73.4 Å². The van der Waals surface area contributed by atoms with E-state index in [-0.39, 0.29) is 5.41 Å². The van der Waals surface area contributed by atoms with E-state index in [9.17, 15) is 5.11 Å². The SMILES string of the molecule is CC(C)(C)C1(O)CCN2C[C@H]3Cc4ccccc4Cc4cccc(c43)[C@H]2C1. The number of fused-ring (bicyclic) bond motifs is 3. The van der Waals surface area contributed by atoms with Crippen molar-refractivity contribution in [2.75, 3.05) is 13.1 Å². The molecule has 0 radical (unpaired) electrons. The normalized spacial score (nSPS) is 30.1. The van der Waals surface area contributed by atoms with Crippen molar-refractivity contribution in [3.63, 3.8) is 0 Å². The molecule has 1 aliphatic carbocycles. The Bertz CT molecular complexity index is 880. The second-order valence-electron chi connectivity index (χ2n) is 10.0. The zero-order valence-electron chi connectivity index (χ0n) is 16.8. The molecule has 0 amide bonds. The smallest absolute Gasteiger partial charge is 0.0726 e. The lowest BCUT2D eigenvalue weighted by molar-refractivity contribution is -0.120. The maximum atomic E-state index is 11.4. The Balaban J connectivity index is 1.60. The molecular weight excluding hydrogens is 330 g/mol. The van der Waals surface area contributed by atoms with Crippen molar-refractivity contribution in [2.24, 2.45) is 5.41 Å². The number of rotatable bonds is 0. The summed E-state index contributed by atoms with van der Waals surface area (Å²) in [7, 11) is 0. The monoisotopic (exact) mass is 361 g/mol. The van der Waals surface area contributed by atoms with Gasteiger partial charge >= 0.3 is 0 Å². The van der Waals surface area contributed by atoms with Crippen LogP contribution < -0.4 is 0 Å². The van der Waals surface area contributed by atoms with Gasteiger partial charge in [0.1, 0.15) is 0 Å². The molecule has 2 aromatic carbocycles. The highest BCUT2D eigenvalue weighted by atomic mass is 16.3. The minimum atomic E-state index is -0.586. The molecule has 0 bridgehead atoms. The van der Waals surface area contributed by atoms with Crippen molar-refractivity contribution in [3.8, 4) is 0 Å². The van der Waals surface area contributed by atoms with Crippen LogP contribution in [0.3, 0.4) is 0 Å². The fourth-order valence-corrected chi connectivity index (χ4v) is 5.76. The van der Waals surface area contributed by atoms with Gasteiger partial charge in [0.25, 0.3) is 0 Å². The van der Waals surface area contributed by atoms with Crippen LogP contribution in [0.4, 0.5) is 0 Å². The molecular formula is C25H31NO. The average Bonchev–Trinajstić information content (AvgIpc) is 2.79. The Kier molecular flexibility index (Phi) is 3.83. The molecule has 2 nitrogen and oxygen atoms in total. The number of nitrogens with zero attached hydrogens (tertiary/aromatic N) is 1. The van der Waals surface area contributed by atoms with E-state index in [1.54, 1.807) is 5.56 Å². The summed E-state index contributed by atoms with van der Waals surface area (Å²) in [4.78, 5) is 2.66. The molecule has 1 N–H and O–H groups in total. The lowest BCUT2D eigenvalue weighted by Crippen LogP contribution is -2.55. The molecule has 2 heteroatoms. The molecule has 2 aromatic rings. The van der Waals surface area contributed by atoms with Gasteiger partial charge in [-0.25, -0.2) is 0 Å². The molecule has 0 spiro atoms. The summed E-state index contributed by atoms with van der Waals surface area (Å²) < 4.78 is 0. The Labute approximate surface area is 163 Å². The predicted octanol–water partition coefficient (Wildman–Crippen LogP) is 4.84. The molecule has 0 saturated carbocycles. The third-order valence-corrected chi connectivity index (χ3v) is 7.60. The lowest BCUT2D eigenvalue weighted by Gasteiger charge is -2.53. The van der Waals surface area contributed by atoms with Crippen molar-refractivity contribution >= 4 is 0 Å². The largest absolute Gasteiger partial charge is 0.389 e. The molecule has 5 rings (SSSR count). The quantitative estimate of drug-likeness (QED) is 0.725. The molecule has 3 atom stereocenters. The van der Waals surface area contributed by atoms with E-state index in [2.05, 4.69) is 68.1 Å². The van der Waals surface area contributed by atoms with Crippen molar-refractivity contribution < 1.29 is 5.11 Å². The Hall–Kier alpha value is -1.64. The maximum absolute atomic E-state index is 11.4. The molecule has 2 aliphatic heterocycles. The van der Waals surface area contributed by atoms with Gasteiger partial charge in [-0.05, 0) is 58.9 Å². The summed E-state index contributed by atoms with van der Waals surface area (Å²) in [5.41, 5.74) is 6.92. The average molecular weight is 362 g/mol. The van der Waals surface area contributed by atoms with Gasteiger partial charge in [0.2, 0.25) is 0 Å². The minimum Gasteiger partial charge on any atom is -0.389 e. The van der Waals surface area contributed by atoms with E-state index in [1.807, 2.05) is 0 Å². The molecule has 1 saturated heterocycles. The lowest BCUT2D eigenvalue weighted by atomic mass is 9.66. The molecule has 0 aromatic heterocycles. The van der Waals surface area contributed by atoms with Gasteiger partial charge in [-0.2, -0.15) is 0 Å². The molecule has 27 heavy (non-hydrogen) atoms. The summed E-state index contributed by atoms with van der Waals surface area (Å²) in [6.45, 7) is 8.70. The van der Waals surface area contributed by atoms with Crippen LogP contribution in [0.5, 0.6) is 0 Å². The number of hydrogen-bond acceptors (Lipinski definition) is 2. The summed E-state index contributed by atoms with van der Waals surface area (Å²) in [6, 6.07) is 16.3. The van der Waals surface area contributed by atoms with Crippen molar-refractivity contribution in [3.05, 3.63) is 70.3 Å². The fraction of sp³-hybridized carbons (Fsp3) is 0.520. The number of piperidine rings is 1. The highest BCUT2D eigenvalue weighted by molar-refractivity contribution is 5.49. The van der Waals surface area contributed by atoms with Crippen molar-refractivity contribution in [1.29, 1.82) is 0 Å². The Morgan fingerprint density at radius 1 is 1.00 bits per heavy atom. The van der Waals surface area contributed by atoms with Crippen LogP contribution >= 0.6 is 0 Å². The van der Waals surface area contributed by atoms with E-state index in [0.29, 0.717) is 12.0 Å². The van der Waals surface area contributed by atoms with Gasteiger partial charge < -0.3 is 5.11 Å². The van der Waals surface area contributed by atoms with Crippen LogP contribution in [-0.2, 0) is 12.8 Å². The summed E-state index contributed by atoms with van der Waals surface area (Å²) in [6.07, 6.45) is 3.93. The number of benzene rings is 2. The Morgan fingerprint density at radius 3 is 2.52 bits per heavy atom. The fourth-order valence-electron chi connectivity index (χ4n) is 5.76. The minimum absolute atomic E-state index is 0.0854. The first-order valence-corrected chi connectivity index (χ1v) is 10.5. The second-order valence-corrected chi connectivity index (χ2v) is 10.0. The second kappa shape index (κ2) is 5.93. The summed E-state index contributed by atoms with van der Waals surface area (Å²) in [5.74, 6) is 0.580. The zero-order chi connectivity index (χ0) is 18.8. The number of hydrogen-bond donors (Lipinski definition) is 1. The van der Waals surface area contributed by atoms with Crippen molar-refractivity contribution in [2.45, 2.75) is 64.0 Å². The predicted molar refractivity (Wildman–Crippen MR) is 110 cm³/mol. The van der Waals surface area contributed by atoms with Crippen LogP contribution in [0.2, 0.25) is 0 Å². The molecule has 142 valence electrons. The van der Waals surface area contributed by atoms with Gasteiger partial charge in [-0.3, -0.25) is 4.90 Å². The third kappa shape index (κ3) is 2.68. The molecule has 1 unspecified atom stereocenters. The maximum Gasteiger partial charge on any atom is 0.0726 e. The summed E-state index contributed by atoms with van der Waals surface area (Å²) in [5, 5.41) is 11.4. The standard InChI is InChI=1S/C25H31NO/c1-24(2,3)25(27)11-12-26-16-20-14-18-8-5-4-7-17(18)13-19-9-6-10-21(23(19)20)22(26)15-25/h4-10,20,22,27H,11-16H2,1-3H3/t20-,22-,25?/m1/s1. The highest BCUT2D eigenvalue weighted by Crippen LogP contribution is 2.51. The van der Waals surface area contributed by atoms with Gasteiger partial charge in [0, 0.05) is 25.0 Å². The van der Waals surface area contributed by atoms with E-state index in [1.165, 1.54) is 22.3 Å². The first kappa shape index (κ1) is 17.5. The van der Waals surface area contributed by atoms with Gasteiger partial charge in [-0.15, -0.1) is 0 Å². The van der Waals surface area contributed by atoms with E-state index in [4.69, 9.17) is 0 Å². The van der Waals surface area contributed by atoms with E-state index in [0.717, 1.165) is 38.8 Å². The summed E-state index contributed by atoms with van der Waals surface area (Å²) >= 11 is 0. The van der Waals surface area contributed by atoms with E-state index >= 15 is 0 Å². The van der Waals surface area contributed by atoms with Crippen molar-refractivity contribution in [1.82, 2.24) is 4.90 Å². The first-order chi connectivity index (χ1) is 12.9. The van der Waals surface area contributed by atoms with E-state index < -0.39 is 5.60 Å². The van der Waals surface area contributed by atoms with Gasteiger partial charge in [-0.1, -0.05) is 63.2 Å². The topological polar surface area (TPSA) is 23.5 Å². The van der Waals surface area contributed by atoms with Crippen LogP contribution in [0, 0.1) is 5.41 Å². The molecule has 1 fully saturated rings. The van der Waals surface area contributed by atoms with Crippen LogP contribution in [0.15, 0.2) is 42.5 Å². The Morgan fingerprint density at radius 2 is 1.74 bits per heavy atom. The number of aliphatic hydroxyl groups is 1. The molecule has 3 aliphatic rings. The molecule has 2 heterocycles. The van der Waals surface area contributed by atoms with Crippen LogP contribution in [-0.4, -0.2) is 28.7 Å². The zero-order valence-corrected chi connectivity index (χ0v) is 16.8.